The minimum absolute atomic E-state index is 0.0449. The molecule has 17 heavy (non-hydrogen) atoms. The van der Waals surface area contributed by atoms with Crippen LogP contribution in [0.2, 0.25) is 0 Å². The van der Waals surface area contributed by atoms with E-state index in [0.717, 1.165) is 25.3 Å². The fourth-order valence-corrected chi connectivity index (χ4v) is 1.83. The second-order valence-electron chi connectivity index (χ2n) is 4.46. The van der Waals surface area contributed by atoms with E-state index in [-0.39, 0.29) is 11.9 Å². The van der Waals surface area contributed by atoms with Gasteiger partial charge in [-0.05, 0) is 25.1 Å². The highest BCUT2D eigenvalue weighted by atomic mass is 16.1. The molecule has 0 saturated carbocycles. The van der Waals surface area contributed by atoms with E-state index in [9.17, 15) is 4.79 Å². The number of carbonyl (C=O) groups is 1. The van der Waals surface area contributed by atoms with Crippen LogP contribution < -0.4 is 15.5 Å². The van der Waals surface area contributed by atoms with Gasteiger partial charge in [-0.15, -0.1) is 0 Å². The van der Waals surface area contributed by atoms with Gasteiger partial charge in [0.25, 0.3) is 5.91 Å². The molecule has 5 nitrogen and oxygen atoms in total. The van der Waals surface area contributed by atoms with Gasteiger partial charge in [0, 0.05) is 32.9 Å². The maximum atomic E-state index is 11.9. The molecule has 1 unspecified atom stereocenters. The largest absolute Gasteiger partial charge is 0.363 e. The van der Waals surface area contributed by atoms with E-state index in [1.165, 1.54) is 0 Å². The standard InChI is InChI=1S/C12H18N4O/c1-16(2)11-4-3-9(7-14-11)12(17)15-10-5-6-13-8-10/h3-4,7,10,13H,5-6,8H2,1-2H3,(H,15,17). The minimum Gasteiger partial charge on any atom is -0.363 e. The predicted octanol–water partition coefficient (Wildman–Crippen LogP) is 0.239. The summed E-state index contributed by atoms with van der Waals surface area (Å²) in [5.41, 5.74) is 0.613. The summed E-state index contributed by atoms with van der Waals surface area (Å²) in [5.74, 6) is 0.806. The van der Waals surface area contributed by atoms with Crippen molar-refractivity contribution < 1.29 is 4.79 Å². The molecular formula is C12H18N4O. The Balaban J connectivity index is 1.98. The molecule has 1 aliphatic rings. The molecule has 0 spiro atoms. The average molecular weight is 234 g/mol. The van der Waals surface area contributed by atoms with Gasteiger partial charge in [0.05, 0.1) is 5.56 Å². The number of pyridine rings is 1. The number of nitrogens with one attached hydrogen (secondary N) is 2. The molecular weight excluding hydrogens is 216 g/mol. The van der Waals surface area contributed by atoms with Crippen LogP contribution in [-0.2, 0) is 0 Å². The highest BCUT2D eigenvalue weighted by Gasteiger charge is 2.17. The summed E-state index contributed by atoms with van der Waals surface area (Å²) in [6, 6.07) is 3.90. The van der Waals surface area contributed by atoms with Crippen LogP contribution >= 0.6 is 0 Å². The van der Waals surface area contributed by atoms with Crippen molar-refractivity contribution in [3.63, 3.8) is 0 Å². The Morgan fingerprint density at radius 2 is 2.35 bits per heavy atom. The van der Waals surface area contributed by atoms with Crippen LogP contribution in [-0.4, -0.2) is 44.1 Å². The molecule has 1 aliphatic heterocycles. The van der Waals surface area contributed by atoms with Gasteiger partial charge in [-0.2, -0.15) is 0 Å². The SMILES string of the molecule is CN(C)c1ccc(C(=O)NC2CCNC2)cn1. The Kier molecular flexibility index (Phi) is 3.58. The van der Waals surface area contributed by atoms with Gasteiger partial charge in [-0.1, -0.05) is 0 Å². The molecule has 0 bridgehead atoms. The summed E-state index contributed by atoms with van der Waals surface area (Å²) in [7, 11) is 3.85. The number of nitrogens with zero attached hydrogens (tertiary/aromatic N) is 2. The zero-order valence-corrected chi connectivity index (χ0v) is 10.2. The number of anilines is 1. The summed E-state index contributed by atoms with van der Waals surface area (Å²) in [4.78, 5) is 18.0. The molecule has 92 valence electrons. The van der Waals surface area contributed by atoms with Crippen molar-refractivity contribution in [1.82, 2.24) is 15.6 Å². The summed E-state index contributed by atoms with van der Waals surface area (Å²) in [5, 5.41) is 6.20. The summed E-state index contributed by atoms with van der Waals surface area (Å²) < 4.78 is 0. The molecule has 2 N–H and O–H groups in total. The first kappa shape index (κ1) is 11.9. The van der Waals surface area contributed by atoms with Crippen LogP contribution in [0.1, 0.15) is 16.8 Å². The molecule has 2 heterocycles. The van der Waals surface area contributed by atoms with Crippen LogP contribution in [0.25, 0.3) is 0 Å². The van der Waals surface area contributed by atoms with Gasteiger partial charge in [-0.3, -0.25) is 4.79 Å². The topological polar surface area (TPSA) is 57.3 Å². The third-order valence-electron chi connectivity index (χ3n) is 2.86. The molecule has 5 heteroatoms. The van der Waals surface area contributed by atoms with Crippen LogP contribution in [0.15, 0.2) is 18.3 Å². The first-order valence-corrected chi connectivity index (χ1v) is 5.82. The van der Waals surface area contributed by atoms with Crippen molar-refractivity contribution in [2.45, 2.75) is 12.5 Å². The first-order valence-electron chi connectivity index (χ1n) is 5.82. The zero-order chi connectivity index (χ0) is 12.3. The number of carbonyl (C=O) groups excluding carboxylic acids is 1. The van der Waals surface area contributed by atoms with Crippen molar-refractivity contribution in [2.75, 3.05) is 32.1 Å². The van der Waals surface area contributed by atoms with E-state index in [1.54, 1.807) is 12.3 Å². The Morgan fingerprint density at radius 3 is 2.88 bits per heavy atom. The molecule has 1 atom stereocenters. The van der Waals surface area contributed by atoms with E-state index < -0.39 is 0 Å². The maximum absolute atomic E-state index is 11.9. The van der Waals surface area contributed by atoms with Gasteiger partial charge in [0.1, 0.15) is 5.82 Å². The fourth-order valence-electron chi connectivity index (χ4n) is 1.83. The normalized spacial score (nSPS) is 19.1. The molecule has 0 aliphatic carbocycles. The predicted molar refractivity (Wildman–Crippen MR) is 67.3 cm³/mol. The Hall–Kier alpha value is -1.62. The average Bonchev–Trinajstić information content (AvgIpc) is 2.82. The number of hydrogen-bond acceptors (Lipinski definition) is 4. The van der Waals surface area contributed by atoms with Crippen molar-refractivity contribution in [3.05, 3.63) is 23.9 Å². The molecule has 0 radical (unpaired) electrons. The lowest BCUT2D eigenvalue weighted by molar-refractivity contribution is 0.0939. The van der Waals surface area contributed by atoms with Crippen molar-refractivity contribution in [3.8, 4) is 0 Å². The van der Waals surface area contributed by atoms with Crippen LogP contribution in [0.5, 0.6) is 0 Å². The monoisotopic (exact) mass is 234 g/mol. The van der Waals surface area contributed by atoms with Crippen molar-refractivity contribution in [1.29, 1.82) is 0 Å². The highest BCUT2D eigenvalue weighted by molar-refractivity contribution is 5.94. The lowest BCUT2D eigenvalue weighted by Crippen LogP contribution is -2.36. The third kappa shape index (κ3) is 2.94. The minimum atomic E-state index is -0.0449. The van der Waals surface area contributed by atoms with Crippen LogP contribution in [0, 0.1) is 0 Å². The van der Waals surface area contributed by atoms with Gasteiger partial charge < -0.3 is 15.5 Å². The first-order chi connectivity index (χ1) is 8.16. The Labute approximate surface area is 101 Å². The number of amides is 1. The van der Waals surface area contributed by atoms with E-state index in [2.05, 4.69) is 15.6 Å². The summed E-state index contributed by atoms with van der Waals surface area (Å²) in [6.07, 6.45) is 2.61. The molecule has 0 aromatic carbocycles. The van der Waals surface area contributed by atoms with Gasteiger partial charge in [0.15, 0.2) is 0 Å². The lowest BCUT2D eigenvalue weighted by Gasteiger charge is -2.13. The smallest absolute Gasteiger partial charge is 0.253 e. The lowest BCUT2D eigenvalue weighted by atomic mass is 10.2. The van der Waals surface area contributed by atoms with E-state index in [1.807, 2.05) is 25.1 Å². The zero-order valence-electron chi connectivity index (χ0n) is 10.2. The molecule has 1 amide bonds. The van der Waals surface area contributed by atoms with Crippen LogP contribution in [0.3, 0.4) is 0 Å². The highest BCUT2D eigenvalue weighted by Crippen LogP contribution is 2.08. The van der Waals surface area contributed by atoms with E-state index >= 15 is 0 Å². The molecule has 1 fully saturated rings. The molecule has 1 aromatic heterocycles. The second kappa shape index (κ2) is 5.14. The van der Waals surface area contributed by atoms with Gasteiger partial charge in [0.2, 0.25) is 0 Å². The number of rotatable bonds is 3. The van der Waals surface area contributed by atoms with Gasteiger partial charge in [-0.25, -0.2) is 4.98 Å². The molecule has 1 aromatic rings. The molecule has 1 saturated heterocycles. The maximum Gasteiger partial charge on any atom is 0.253 e. The van der Waals surface area contributed by atoms with Crippen molar-refractivity contribution in [2.24, 2.45) is 0 Å². The summed E-state index contributed by atoms with van der Waals surface area (Å²) in [6.45, 7) is 1.83. The third-order valence-corrected chi connectivity index (χ3v) is 2.86. The summed E-state index contributed by atoms with van der Waals surface area (Å²) >= 11 is 0. The Bertz CT molecular complexity index is 382. The number of hydrogen-bond donors (Lipinski definition) is 2. The quantitative estimate of drug-likeness (QED) is 0.786. The van der Waals surface area contributed by atoms with E-state index in [0.29, 0.717) is 5.56 Å². The number of aromatic nitrogens is 1. The van der Waals surface area contributed by atoms with Crippen molar-refractivity contribution >= 4 is 11.7 Å². The second-order valence-corrected chi connectivity index (χ2v) is 4.46. The van der Waals surface area contributed by atoms with E-state index in [4.69, 9.17) is 0 Å². The molecule has 2 rings (SSSR count). The van der Waals surface area contributed by atoms with Crippen LogP contribution in [0.4, 0.5) is 5.82 Å². The van der Waals surface area contributed by atoms with Gasteiger partial charge >= 0.3 is 0 Å². The fraction of sp³-hybridized carbons (Fsp3) is 0.500. The Morgan fingerprint density at radius 1 is 1.53 bits per heavy atom.